The molecule has 0 amide bonds. The van der Waals surface area contributed by atoms with Crippen molar-refractivity contribution in [3.63, 3.8) is 0 Å². The zero-order chi connectivity index (χ0) is 18.3. The predicted molar refractivity (Wildman–Crippen MR) is 105 cm³/mol. The van der Waals surface area contributed by atoms with Gasteiger partial charge in [0.25, 0.3) is 0 Å². The van der Waals surface area contributed by atoms with E-state index in [-0.39, 0.29) is 5.41 Å². The van der Waals surface area contributed by atoms with Crippen LogP contribution in [0.4, 0.5) is 5.82 Å². The number of benzene rings is 1. The van der Waals surface area contributed by atoms with Crippen molar-refractivity contribution in [1.29, 1.82) is 0 Å². The lowest BCUT2D eigenvalue weighted by Crippen LogP contribution is -2.43. The molecule has 0 unspecified atom stereocenters. The quantitative estimate of drug-likeness (QED) is 0.738. The van der Waals surface area contributed by atoms with Gasteiger partial charge in [-0.1, -0.05) is 42.3 Å². The van der Waals surface area contributed by atoms with E-state index in [2.05, 4.69) is 26.9 Å². The van der Waals surface area contributed by atoms with Crippen LogP contribution in [0.15, 0.2) is 30.7 Å². The minimum absolute atomic E-state index is 0.208. The van der Waals surface area contributed by atoms with E-state index in [1.54, 1.807) is 6.07 Å². The van der Waals surface area contributed by atoms with Crippen LogP contribution in [0.3, 0.4) is 0 Å². The van der Waals surface area contributed by atoms with Gasteiger partial charge in [0.05, 0.1) is 16.2 Å². The Morgan fingerprint density at radius 1 is 1.19 bits per heavy atom. The van der Waals surface area contributed by atoms with Crippen molar-refractivity contribution in [2.45, 2.75) is 19.8 Å². The summed E-state index contributed by atoms with van der Waals surface area (Å²) in [7, 11) is 0. The molecule has 0 bridgehead atoms. The molecule has 3 heterocycles. The monoisotopic (exact) mass is 390 g/mol. The van der Waals surface area contributed by atoms with Gasteiger partial charge in [0.1, 0.15) is 12.0 Å². The zero-order valence-electron chi connectivity index (χ0n) is 14.5. The second kappa shape index (κ2) is 6.68. The van der Waals surface area contributed by atoms with Gasteiger partial charge in [0.15, 0.2) is 11.5 Å². The number of fused-ring (bicyclic) bond motifs is 1. The highest BCUT2D eigenvalue weighted by molar-refractivity contribution is 6.43. The summed E-state index contributed by atoms with van der Waals surface area (Å²) >= 11 is 12.5. The maximum absolute atomic E-state index is 6.38. The number of rotatable bonds is 3. The maximum Gasteiger partial charge on any atom is 0.183 e. The highest BCUT2D eigenvalue weighted by atomic mass is 35.5. The SMILES string of the molecule is CC1(CN)CCN(c2cnc(-c3cccc(Cl)c3Cl)c3ncnn23)CC1. The second-order valence-electron chi connectivity index (χ2n) is 7.06. The Bertz CT molecular complexity index is 946. The molecule has 0 spiro atoms. The molecule has 3 aromatic rings. The summed E-state index contributed by atoms with van der Waals surface area (Å²) in [6.45, 7) is 4.80. The summed E-state index contributed by atoms with van der Waals surface area (Å²) in [5, 5.41) is 5.37. The summed E-state index contributed by atoms with van der Waals surface area (Å²) < 4.78 is 1.82. The molecule has 1 aliphatic rings. The molecule has 1 aliphatic heterocycles. The molecule has 1 aromatic carbocycles. The van der Waals surface area contributed by atoms with Crippen LogP contribution in [-0.4, -0.2) is 39.2 Å². The Morgan fingerprint density at radius 3 is 2.69 bits per heavy atom. The lowest BCUT2D eigenvalue weighted by molar-refractivity contribution is 0.257. The number of nitrogens with zero attached hydrogens (tertiary/aromatic N) is 5. The second-order valence-corrected chi connectivity index (χ2v) is 7.85. The first kappa shape index (κ1) is 17.5. The Hall–Kier alpha value is -1.89. The molecule has 0 atom stereocenters. The van der Waals surface area contributed by atoms with Crippen LogP contribution >= 0.6 is 23.2 Å². The van der Waals surface area contributed by atoms with E-state index in [9.17, 15) is 0 Å². The maximum atomic E-state index is 6.38. The molecule has 1 fully saturated rings. The van der Waals surface area contributed by atoms with Crippen molar-refractivity contribution in [1.82, 2.24) is 19.6 Å². The fraction of sp³-hybridized carbons (Fsp3) is 0.389. The van der Waals surface area contributed by atoms with Crippen molar-refractivity contribution in [2.75, 3.05) is 24.5 Å². The molecule has 4 rings (SSSR count). The number of aromatic nitrogens is 4. The molecular formula is C18H20Cl2N6. The van der Waals surface area contributed by atoms with Crippen LogP contribution in [-0.2, 0) is 0 Å². The van der Waals surface area contributed by atoms with Crippen LogP contribution in [0, 0.1) is 5.41 Å². The Balaban J connectivity index is 1.75. The van der Waals surface area contributed by atoms with Crippen LogP contribution in [0.25, 0.3) is 16.9 Å². The first-order chi connectivity index (χ1) is 12.5. The van der Waals surface area contributed by atoms with E-state index in [1.807, 2.05) is 22.8 Å². The Labute approximate surface area is 161 Å². The largest absolute Gasteiger partial charge is 0.355 e. The van der Waals surface area contributed by atoms with Gasteiger partial charge >= 0.3 is 0 Å². The molecule has 8 heteroatoms. The zero-order valence-corrected chi connectivity index (χ0v) is 16.0. The third kappa shape index (κ3) is 2.92. The Morgan fingerprint density at radius 2 is 1.96 bits per heavy atom. The molecule has 0 radical (unpaired) electrons. The third-order valence-corrected chi connectivity index (χ3v) is 6.10. The number of halogens is 2. The van der Waals surface area contributed by atoms with E-state index >= 15 is 0 Å². The van der Waals surface area contributed by atoms with Gasteiger partial charge in [-0.3, -0.25) is 0 Å². The van der Waals surface area contributed by atoms with E-state index in [4.69, 9.17) is 28.9 Å². The molecule has 6 nitrogen and oxygen atoms in total. The van der Waals surface area contributed by atoms with E-state index < -0.39 is 0 Å². The van der Waals surface area contributed by atoms with Crippen LogP contribution in [0.1, 0.15) is 19.8 Å². The summed E-state index contributed by atoms with van der Waals surface area (Å²) in [6, 6.07) is 5.49. The van der Waals surface area contributed by atoms with Gasteiger partial charge in [-0.05, 0) is 30.9 Å². The molecular weight excluding hydrogens is 371 g/mol. The molecule has 136 valence electrons. The van der Waals surface area contributed by atoms with Crippen molar-refractivity contribution in [2.24, 2.45) is 11.1 Å². The van der Waals surface area contributed by atoms with E-state index in [1.165, 1.54) is 6.33 Å². The van der Waals surface area contributed by atoms with Crippen molar-refractivity contribution >= 4 is 34.7 Å². The van der Waals surface area contributed by atoms with Gasteiger partial charge in [-0.2, -0.15) is 9.61 Å². The number of nitrogens with two attached hydrogens (primary N) is 1. The van der Waals surface area contributed by atoms with Crippen molar-refractivity contribution in [3.05, 3.63) is 40.8 Å². The summed E-state index contributed by atoms with van der Waals surface area (Å²) in [5.74, 6) is 0.929. The van der Waals surface area contributed by atoms with Gasteiger partial charge in [-0.15, -0.1) is 0 Å². The normalized spacial score (nSPS) is 17.0. The summed E-state index contributed by atoms with van der Waals surface area (Å²) in [4.78, 5) is 11.3. The van der Waals surface area contributed by atoms with Gasteiger partial charge in [0.2, 0.25) is 0 Å². The summed E-state index contributed by atoms with van der Waals surface area (Å²) in [6.07, 6.45) is 5.46. The number of anilines is 1. The molecule has 1 saturated heterocycles. The Kier molecular flexibility index (Phi) is 4.50. The smallest absolute Gasteiger partial charge is 0.183 e. The van der Waals surface area contributed by atoms with Gasteiger partial charge < -0.3 is 10.6 Å². The number of hydrogen-bond acceptors (Lipinski definition) is 5. The van der Waals surface area contributed by atoms with E-state index in [0.717, 1.165) is 37.3 Å². The molecule has 26 heavy (non-hydrogen) atoms. The average molecular weight is 391 g/mol. The van der Waals surface area contributed by atoms with E-state index in [0.29, 0.717) is 27.9 Å². The minimum atomic E-state index is 0.208. The fourth-order valence-electron chi connectivity index (χ4n) is 3.38. The molecule has 2 N–H and O–H groups in total. The highest BCUT2D eigenvalue weighted by Crippen LogP contribution is 2.36. The van der Waals surface area contributed by atoms with Gasteiger partial charge in [0, 0.05) is 18.7 Å². The average Bonchev–Trinajstić information content (AvgIpc) is 3.14. The molecule has 2 aromatic heterocycles. The minimum Gasteiger partial charge on any atom is -0.355 e. The number of hydrogen-bond donors (Lipinski definition) is 1. The lowest BCUT2D eigenvalue weighted by Gasteiger charge is -2.39. The van der Waals surface area contributed by atoms with Crippen LogP contribution in [0.2, 0.25) is 10.0 Å². The van der Waals surface area contributed by atoms with Crippen LogP contribution in [0.5, 0.6) is 0 Å². The first-order valence-electron chi connectivity index (χ1n) is 8.60. The van der Waals surface area contributed by atoms with Crippen LogP contribution < -0.4 is 10.6 Å². The number of piperidine rings is 1. The fourth-order valence-corrected chi connectivity index (χ4v) is 3.77. The molecule has 0 aliphatic carbocycles. The van der Waals surface area contributed by atoms with Crippen molar-refractivity contribution < 1.29 is 0 Å². The lowest BCUT2D eigenvalue weighted by atomic mass is 9.80. The van der Waals surface area contributed by atoms with Crippen molar-refractivity contribution in [3.8, 4) is 11.3 Å². The highest BCUT2D eigenvalue weighted by Gasteiger charge is 2.30. The molecule has 0 saturated carbocycles. The third-order valence-electron chi connectivity index (χ3n) is 5.28. The summed E-state index contributed by atoms with van der Waals surface area (Å²) in [5.41, 5.74) is 8.22. The predicted octanol–water partition coefficient (Wildman–Crippen LogP) is 3.66. The first-order valence-corrected chi connectivity index (χ1v) is 9.36. The standard InChI is InChI=1S/C18H20Cl2N6/c1-18(10-21)5-7-25(8-6-18)14-9-22-16(17-23-11-24-26(14)17)12-3-2-4-13(19)15(12)20/h2-4,9,11H,5-8,10,21H2,1H3. The van der Waals surface area contributed by atoms with Gasteiger partial charge in [-0.25, -0.2) is 9.97 Å². The topological polar surface area (TPSA) is 72.3 Å².